The minimum Gasteiger partial charge on any atom is -0.374 e. The van der Waals surface area contributed by atoms with E-state index < -0.39 is 6.04 Å². The third-order valence-electron chi connectivity index (χ3n) is 4.85. The zero-order valence-electron chi connectivity index (χ0n) is 15.6. The zero-order chi connectivity index (χ0) is 18.4. The van der Waals surface area contributed by atoms with Crippen LogP contribution in [0, 0.1) is 0 Å². The van der Waals surface area contributed by atoms with Crippen LogP contribution < -0.4 is 20.9 Å². The molecule has 0 saturated heterocycles. The molecule has 6 nitrogen and oxygen atoms in total. The molecule has 0 spiro atoms. The van der Waals surface area contributed by atoms with E-state index >= 15 is 0 Å². The SMILES string of the molecule is CC[C@H](C)NC(=O)[C@@H](C)NC(=O)NC[C@H]1CCN(C)c2ccccc21. The highest BCUT2D eigenvalue weighted by Crippen LogP contribution is 2.33. The highest BCUT2D eigenvalue weighted by Gasteiger charge is 2.23. The third-order valence-corrected chi connectivity index (χ3v) is 4.85. The number of para-hydroxylation sites is 1. The van der Waals surface area contributed by atoms with Gasteiger partial charge in [-0.15, -0.1) is 0 Å². The van der Waals surface area contributed by atoms with E-state index in [0.29, 0.717) is 12.5 Å². The topological polar surface area (TPSA) is 73.5 Å². The van der Waals surface area contributed by atoms with E-state index in [-0.39, 0.29) is 18.0 Å². The standard InChI is InChI=1S/C19H30N4O2/c1-5-13(2)21-18(24)14(3)22-19(25)20-12-15-10-11-23(4)17-9-7-6-8-16(15)17/h6-9,13-15H,5,10-12H2,1-4H3,(H,21,24)(H2,20,22,25)/t13-,14+,15+/m0/s1. The number of fused-ring (bicyclic) bond motifs is 1. The maximum Gasteiger partial charge on any atom is 0.315 e. The molecule has 0 aliphatic carbocycles. The molecule has 3 N–H and O–H groups in total. The maximum absolute atomic E-state index is 12.1. The Morgan fingerprint density at radius 2 is 1.96 bits per heavy atom. The fourth-order valence-electron chi connectivity index (χ4n) is 3.02. The number of carbonyl (C=O) groups is 2. The Bertz CT molecular complexity index is 605. The molecule has 0 bridgehead atoms. The molecule has 0 aromatic heterocycles. The summed E-state index contributed by atoms with van der Waals surface area (Å²) >= 11 is 0. The highest BCUT2D eigenvalue weighted by molar-refractivity contribution is 5.86. The van der Waals surface area contributed by atoms with Crippen molar-refractivity contribution in [2.75, 3.05) is 25.0 Å². The van der Waals surface area contributed by atoms with Crippen LogP contribution in [0.4, 0.5) is 10.5 Å². The average molecular weight is 346 g/mol. The summed E-state index contributed by atoms with van der Waals surface area (Å²) in [6, 6.07) is 7.56. The predicted octanol–water partition coefficient (Wildman–Crippen LogP) is 2.21. The van der Waals surface area contributed by atoms with Gasteiger partial charge in [-0.05, 0) is 38.3 Å². The number of carbonyl (C=O) groups excluding carboxylic acids is 2. The van der Waals surface area contributed by atoms with Gasteiger partial charge in [0, 0.05) is 37.8 Å². The van der Waals surface area contributed by atoms with Gasteiger partial charge in [-0.2, -0.15) is 0 Å². The van der Waals surface area contributed by atoms with Crippen molar-refractivity contribution < 1.29 is 9.59 Å². The van der Waals surface area contributed by atoms with Crippen LogP contribution in [0.3, 0.4) is 0 Å². The number of nitrogens with zero attached hydrogens (tertiary/aromatic N) is 1. The summed E-state index contributed by atoms with van der Waals surface area (Å²) in [5.41, 5.74) is 2.49. The number of nitrogens with one attached hydrogen (secondary N) is 3. The van der Waals surface area contributed by atoms with Crippen molar-refractivity contribution >= 4 is 17.6 Å². The van der Waals surface area contributed by atoms with Crippen LogP contribution in [0.25, 0.3) is 0 Å². The first-order chi connectivity index (χ1) is 11.9. The summed E-state index contributed by atoms with van der Waals surface area (Å²) in [4.78, 5) is 26.4. The first-order valence-electron chi connectivity index (χ1n) is 9.07. The van der Waals surface area contributed by atoms with E-state index in [0.717, 1.165) is 19.4 Å². The van der Waals surface area contributed by atoms with E-state index in [4.69, 9.17) is 0 Å². The fourth-order valence-corrected chi connectivity index (χ4v) is 3.02. The predicted molar refractivity (Wildman–Crippen MR) is 101 cm³/mol. The van der Waals surface area contributed by atoms with Gasteiger partial charge >= 0.3 is 6.03 Å². The van der Waals surface area contributed by atoms with Crippen LogP contribution in [-0.2, 0) is 4.79 Å². The Morgan fingerprint density at radius 3 is 2.68 bits per heavy atom. The molecule has 6 heteroatoms. The monoisotopic (exact) mass is 346 g/mol. The summed E-state index contributed by atoms with van der Waals surface area (Å²) < 4.78 is 0. The molecule has 2 rings (SSSR count). The molecule has 138 valence electrons. The Morgan fingerprint density at radius 1 is 1.24 bits per heavy atom. The summed E-state index contributed by atoms with van der Waals surface area (Å²) in [5, 5.41) is 8.49. The fraction of sp³-hybridized carbons (Fsp3) is 0.579. The number of hydrogen-bond donors (Lipinski definition) is 3. The van der Waals surface area contributed by atoms with Crippen molar-refractivity contribution in [2.45, 2.75) is 51.6 Å². The minimum absolute atomic E-state index is 0.107. The van der Waals surface area contributed by atoms with Crippen LogP contribution >= 0.6 is 0 Å². The molecule has 25 heavy (non-hydrogen) atoms. The molecule has 1 aliphatic heterocycles. The third kappa shape index (κ3) is 5.11. The van der Waals surface area contributed by atoms with E-state index in [1.165, 1.54) is 11.3 Å². The molecule has 1 aliphatic rings. The average Bonchev–Trinajstić information content (AvgIpc) is 2.61. The second-order valence-electron chi connectivity index (χ2n) is 6.86. The minimum atomic E-state index is -0.557. The van der Waals surface area contributed by atoms with Gasteiger partial charge in [0.05, 0.1) is 0 Å². The molecule has 0 fully saturated rings. The van der Waals surface area contributed by atoms with E-state index in [9.17, 15) is 9.59 Å². The number of urea groups is 1. The van der Waals surface area contributed by atoms with Gasteiger partial charge in [0.25, 0.3) is 0 Å². The first-order valence-corrected chi connectivity index (χ1v) is 9.07. The Kier molecular flexibility index (Phi) is 6.67. The lowest BCUT2D eigenvalue weighted by Gasteiger charge is -2.33. The summed E-state index contributed by atoms with van der Waals surface area (Å²) in [5.74, 6) is 0.136. The van der Waals surface area contributed by atoms with Crippen LogP contribution in [0.1, 0.15) is 45.1 Å². The molecule has 3 atom stereocenters. The first kappa shape index (κ1) is 19.1. The number of hydrogen-bond acceptors (Lipinski definition) is 3. The van der Waals surface area contributed by atoms with E-state index in [1.54, 1.807) is 6.92 Å². The van der Waals surface area contributed by atoms with Gasteiger partial charge in [0.1, 0.15) is 6.04 Å². The van der Waals surface area contributed by atoms with Crippen molar-refractivity contribution in [3.05, 3.63) is 29.8 Å². The maximum atomic E-state index is 12.1. The normalized spacial score (nSPS) is 18.7. The van der Waals surface area contributed by atoms with Crippen LogP contribution in [0.2, 0.25) is 0 Å². The molecular weight excluding hydrogens is 316 g/mol. The van der Waals surface area contributed by atoms with Crippen LogP contribution in [0.5, 0.6) is 0 Å². The van der Waals surface area contributed by atoms with Gasteiger partial charge < -0.3 is 20.9 Å². The van der Waals surface area contributed by atoms with Crippen LogP contribution in [0.15, 0.2) is 24.3 Å². The van der Waals surface area contributed by atoms with E-state index in [2.05, 4.69) is 40.0 Å². The van der Waals surface area contributed by atoms with Gasteiger partial charge in [0.15, 0.2) is 0 Å². The van der Waals surface area contributed by atoms with Crippen molar-refractivity contribution in [1.82, 2.24) is 16.0 Å². The lowest BCUT2D eigenvalue weighted by molar-refractivity contribution is -0.123. The second kappa shape index (κ2) is 8.74. The smallest absolute Gasteiger partial charge is 0.315 e. The highest BCUT2D eigenvalue weighted by atomic mass is 16.2. The van der Waals surface area contributed by atoms with Gasteiger partial charge in [-0.3, -0.25) is 4.79 Å². The zero-order valence-corrected chi connectivity index (χ0v) is 15.6. The van der Waals surface area contributed by atoms with Crippen molar-refractivity contribution in [3.8, 4) is 0 Å². The number of rotatable bonds is 6. The number of amides is 3. The van der Waals surface area contributed by atoms with Gasteiger partial charge in [-0.25, -0.2) is 4.79 Å². The molecule has 0 radical (unpaired) electrons. The van der Waals surface area contributed by atoms with Crippen molar-refractivity contribution in [1.29, 1.82) is 0 Å². The van der Waals surface area contributed by atoms with Crippen molar-refractivity contribution in [2.24, 2.45) is 0 Å². The molecule has 1 aromatic rings. The lowest BCUT2D eigenvalue weighted by Crippen LogP contribution is -2.50. The Balaban J connectivity index is 1.84. The molecular formula is C19H30N4O2. The molecule has 0 saturated carbocycles. The van der Waals surface area contributed by atoms with E-state index in [1.807, 2.05) is 26.0 Å². The summed E-state index contributed by atoms with van der Waals surface area (Å²) in [6.07, 6.45) is 1.86. The van der Waals surface area contributed by atoms with Crippen LogP contribution in [-0.4, -0.2) is 44.2 Å². The quantitative estimate of drug-likeness (QED) is 0.739. The summed E-state index contributed by atoms with van der Waals surface area (Å²) in [7, 11) is 2.09. The lowest BCUT2D eigenvalue weighted by atomic mass is 9.90. The van der Waals surface area contributed by atoms with Gasteiger partial charge in [-0.1, -0.05) is 25.1 Å². The molecule has 1 aromatic carbocycles. The Hall–Kier alpha value is -2.24. The van der Waals surface area contributed by atoms with Crippen molar-refractivity contribution in [3.63, 3.8) is 0 Å². The summed E-state index contributed by atoms with van der Waals surface area (Å²) in [6.45, 7) is 7.19. The second-order valence-corrected chi connectivity index (χ2v) is 6.86. The largest absolute Gasteiger partial charge is 0.374 e. The Labute approximate surface area is 150 Å². The molecule has 1 heterocycles. The number of benzene rings is 1. The van der Waals surface area contributed by atoms with Gasteiger partial charge in [0.2, 0.25) is 5.91 Å². The molecule has 0 unspecified atom stereocenters. The molecule has 3 amide bonds. The number of anilines is 1.